The minimum Gasteiger partial charge on any atom is -0.382 e. The van der Waals surface area contributed by atoms with E-state index in [1.165, 1.54) is 0 Å². The van der Waals surface area contributed by atoms with Gasteiger partial charge >= 0.3 is 0 Å². The third kappa shape index (κ3) is 4.04. The molecule has 1 heterocycles. The van der Waals surface area contributed by atoms with Gasteiger partial charge in [-0.25, -0.2) is 4.98 Å². The molecule has 0 saturated heterocycles. The van der Waals surface area contributed by atoms with Gasteiger partial charge in [0.25, 0.3) is 0 Å². The molecule has 1 aromatic heterocycles. The average Bonchev–Trinajstić information content (AvgIpc) is 2.29. The third-order valence-corrected chi connectivity index (χ3v) is 1.75. The van der Waals surface area contributed by atoms with E-state index in [-0.39, 0.29) is 0 Å². The van der Waals surface area contributed by atoms with E-state index in [2.05, 4.69) is 10.5 Å². The number of ether oxygens (including phenoxy) is 1. The Morgan fingerprint density at radius 1 is 1.53 bits per heavy atom. The molecule has 5 nitrogen and oxygen atoms in total. The Kier molecular flexibility index (Phi) is 5.33. The summed E-state index contributed by atoms with van der Waals surface area (Å²) in [5.74, 6) is 0. The predicted octanol–water partition coefficient (Wildman–Crippen LogP) is 0.621. The van der Waals surface area contributed by atoms with Crippen LogP contribution in [0.2, 0.25) is 0 Å². The molecular weight excluding hydrogens is 194 g/mol. The summed E-state index contributed by atoms with van der Waals surface area (Å²) in [7, 11) is 1.61. The molecule has 1 N–H and O–H groups in total. The van der Waals surface area contributed by atoms with E-state index in [4.69, 9.17) is 14.8 Å². The Labute approximate surface area is 88.6 Å². The molecule has 0 bridgehead atoms. The van der Waals surface area contributed by atoms with Crippen molar-refractivity contribution in [2.24, 2.45) is 0 Å². The lowest BCUT2D eigenvalue weighted by atomic mass is 10.2. The Bertz CT molecular complexity index is 336. The predicted molar refractivity (Wildman–Crippen MR) is 53.6 cm³/mol. The van der Waals surface area contributed by atoms with Gasteiger partial charge in [0.2, 0.25) is 0 Å². The van der Waals surface area contributed by atoms with Crippen LogP contribution in [0, 0.1) is 11.3 Å². The first-order chi connectivity index (χ1) is 7.38. The molecule has 0 aromatic carbocycles. The molecule has 5 heteroatoms. The van der Waals surface area contributed by atoms with E-state index in [1.807, 2.05) is 12.1 Å². The number of aromatic nitrogens is 1. The fraction of sp³-hybridized carbons (Fsp3) is 0.400. The number of nitrogens with one attached hydrogen (secondary N) is 1. The second-order valence-corrected chi connectivity index (χ2v) is 2.79. The molecule has 1 aromatic rings. The van der Waals surface area contributed by atoms with Crippen molar-refractivity contribution in [1.82, 2.24) is 10.5 Å². The molecule has 1 rings (SSSR count). The molecule has 0 radical (unpaired) electrons. The number of nitriles is 1. The molecule has 0 saturated carbocycles. The van der Waals surface area contributed by atoms with Crippen molar-refractivity contribution >= 4 is 0 Å². The number of nitrogens with zero attached hydrogens (tertiary/aromatic N) is 2. The molecule has 0 spiro atoms. The monoisotopic (exact) mass is 207 g/mol. The van der Waals surface area contributed by atoms with Gasteiger partial charge in [-0.3, -0.25) is 4.84 Å². The van der Waals surface area contributed by atoms with E-state index in [1.54, 1.807) is 19.4 Å². The van der Waals surface area contributed by atoms with E-state index in [0.29, 0.717) is 25.5 Å². The molecule has 0 fully saturated rings. The van der Waals surface area contributed by atoms with Gasteiger partial charge in [0, 0.05) is 25.4 Å². The highest BCUT2D eigenvalue weighted by Crippen LogP contribution is 2.02. The number of rotatable bonds is 6. The minimum absolute atomic E-state index is 0.417. The van der Waals surface area contributed by atoms with Crippen LogP contribution < -0.4 is 5.48 Å². The van der Waals surface area contributed by atoms with Crippen LogP contribution in [0.1, 0.15) is 11.3 Å². The summed E-state index contributed by atoms with van der Waals surface area (Å²) in [6.45, 7) is 1.46. The first-order valence-electron chi connectivity index (χ1n) is 4.56. The molecule has 0 unspecified atom stereocenters. The zero-order chi connectivity index (χ0) is 10.9. The van der Waals surface area contributed by atoms with Crippen molar-refractivity contribution in [1.29, 1.82) is 5.26 Å². The summed E-state index contributed by atoms with van der Waals surface area (Å²) in [5, 5.41) is 8.76. The van der Waals surface area contributed by atoms with Crippen LogP contribution in [0.5, 0.6) is 0 Å². The smallest absolute Gasteiger partial charge is 0.144 e. The molecule has 80 valence electrons. The van der Waals surface area contributed by atoms with E-state index >= 15 is 0 Å². The fourth-order valence-corrected chi connectivity index (χ4v) is 1.01. The second-order valence-electron chi connectivity index (χ2n) is 2.79. The van der Waals surface area contributed by atoms with Crippen LogP contribution in [0.25, 0.3) is 0 Å². The SMILES string of the molecule is COCCONCc1cccnc1C#N. The lowest BCUT2D eigenvalue weighted by Crippen LogP contribution is -2.17. The highest BCUT2D eigenvalue weighted by molar-refractivity contribution is 5.30. The first-order valence-corrected chi connectivity index (χ1v) is 4.56. The van der Waals surface area contributed by atoms with Gasteiger partial charge in [-0.2, -0.15) is 10.7 Å². The number of methoxy groups -OCH3 is 1. The summed E-state index contributed by atoms with van der Waals surface area (Å²) in [5.41, 5.74) is 3.97. The number of hydrogen-bond acceptors (Lipinski definition) is 5. The first kappa shape index (κ1) is 11.6. The number of hydroxylamine groups is 1. The molecule has 15 heavy (non-hydrogen) atoms. The third-order valence-electron chi connectivity index (χ3n) is 1.75. The second kappa shape index (κ2) is 6.90. The molecule has 0 amide bonds. The maximum atomic E-state index is 8.76. The number of hydrogen-bond donors (Lipinski definition) is 1. The maximum absolute atomic E-state index is 8.76. The fourth-order valence-electron chi connectivity index (χ4n) is 1.01. The van der Waals surface area contributed by atoms with Crippen molar-refractivity contribution in [2.75, 3.05) is 20.3 Å². The Morgan fingerprint density at radius 3 is 3.13 bits per heavy atom. The van der Waals surface area contributed by atoms with Gasteiger partial charge in [0.05, 0.1) is 13.2 Å². The molecule has 0 aliphatic carbocycles. The van der Waals surface area contributed by atoms with Crippen LogP contribution in [-0.4, -0.2) is 25.3 Å². The molecule has 0 atom stereocenters. The van der Waals surface area contributed by atoms with E-state index < -0.39 is 0 Å². The summed E-state index contributed by atoms with van der Waals surface area (Å²) >= 11 is 0. The van der Waals surface area contributed by atoms with Gasteiger partial charge in [-0.15, -0.1) is 0 Å². The van der Waals surface area contributed by atoms with Crippen molar-refractivity contribution in [3.8, 4) is 6.07 Å². The van der Waals surface area contributed by atoms with E-state index in [0.717, 1.165) is 5.56 Å². The largest absolute Gasteiger partial charge is 0.382 e. The highest BCUT2D eigenvalue weighted by Gasteiger charge is 2.00. The van der Waals surface area contributed by atoms with Crippen LogP contribution in [0.4, 0.5) is 0 Å². The molecular formula is C10H13N3O2. The highest BCUT2D eigenvalue weighted by atomic mass is 16.7. The van der Waals surface area contributed by atoms with Crippen LogP contribution in [0.3, 0.4) is 0 Å². The van der Waals surface area contributed by atoms with Crippen molar-refractivity contribution in [3.05, 3.63) is 29.6 Å². The van der Waals surface area contributed by atoms with Crippen LogP contribution >= 0.6 is 0 Å². The van der Waals surface area contributed by atoms with Gasteiger partial charge in [-0.1, -0.05) is 6.07 Å². The maximum Gasteiger partial charge on any atom is 0.144 e. The van der Waals surface area contributed by atoms with Crippen molar-refractivity contribution in [2.45, 2.75) is 6.54 Å². The summed E-state index contributed by atoms with van der Waals surface area (Å²) < 4.78 is 4.81. The summed E-state index contributed by atoms with van der Waals surface area (Å²) in [6.07, 6.45) is 1.59. The average molecular weight is 207 g/mol. The van der Waals surface area contributed by atoms with E-state index in [9.17, 15) is 0 Å². The van der Waals surface area contributed by atoms with Crippen LogP contribution in [0.15, 0.2) is 18.3 Å². The molecule has 0 aliphatic rings. The Morgan fingerprint density at radius 2 is 2.40 bits per heavy atom. The summed E-state index contributed by atoms with van der Waals surface area (Å²) in [6, 6.07) is 5.63. The van der Waals surface area contributed by atoms with Crippen LogP contribution in [-0.2, 0) is 16.1 Å². The topological polar surface area (TPSA) is 67.2 Å². The van der Waals surface area contributed by atoms with Crippen molar-refractivity contribution < 1.29 is 9.57 Å². The quantitative estimate of drug-likeness (QED) is 0.547. The number of pyridine rings is 1. The standard InChI is InChI=1S/C10H13N3O2/c1-14-5-6-15-13-8-9-3-2-4-12-10(9)7-11/h2-4,13H,5-6,8H2,1H3. The Balaban J connectivity index is 2.34. The molecule has 0 aliphatic heterocycles. The lowest BCUT2D eigenvalue weighted by molar-refractivity contribution is 0.00339. The summed E-state index contributed by atoms with van der Waals surface area (Å²) in [4.78, 5) is 9.00. The zero-order valence-corrected chi connectivity index (χ0v) is 8.56. The van der Waals surface area contributed by atoms with Gasteiger partial charge in [-0.05, 0) is 6.07 Å². The minimum atomic E-state index is 0.417. The zero-order valence-electron chi connectivity index (χ0n) is 8.56. The normalized spacial score (nSPS) is 9.87. The van der Waals surface area contributed by atoms with Gasteiger partial charge in [0.15, 0.2) is 0 Å². The Hall–Kier alpha value is -1.48. The van der Waals surface area contributed by atoms with Crippen molar-refractivity contribution in [3.63, 3.8) is 0 Å². The lowest BCUT2D eigenvalue weighted by Gasteiger charge is -2.05. The van der Waals surface area contributed by atoms with Gasteiger partial charge < -0.3 is 4.74 Å². The van der Waals surface area contributed by atoms with Gasteiger partial charge in [0.1, 0.15) is 11.8 Å².